The number of rotatable bonds is 6. The van der Waals surface area contributed by atoms with Gasteiger partial charge in [0, 0.05) is 26.2 Å². The maximum absolute atomic E-state index is 12.0. The Kier molecular flexibility index (Phi) is 5.92. The van der Waals surface area contributed by atoms with Crippen molar-refractivity contribution in [3.8, 4) is 0 Å². The van der Waals surface area contributed by atoms with Crippen LogP contribution >= 0.6 is 0 Å². The van der Waals surface area contributed by atoms with Gasteiger partial charge in [0.1, 0.15) is 6.10 Å². The fourth-order valence-corrected chi connectivity index (χ4v) is 2.57. The molecule has 2 atom stereocenters. The van der Waals surface area contributed by atoms with Gasteiger partial charge < -0.3 is 20.1 Å². The van der Waals surface area contributed by atoms with E-state index in [9.17, 15) is 14.4 Å². The highest BCUT2D eigenvalue weighted by Gasteiger charge is 2.34. The molecular weight excluding hydrogens is 312 g/mol. The van der Waals surface area contributed by atoms with Gasteiger partial charge in [0.15, 0.2) is 6.10 Å². The van der Waals surface area contributed by atoms with Gasteiger partial charge in [-0.2, -0.15) is 0 Å². The summed E-state index contributed by atoms with van der Waals surface area (Å²) in [4.78, 5) is 36.2. The Hall–Kier alpha value is -2.41. The highest BCUT2D eigenvalue weighted by atomic mass is 16.5. The van der Waals surface area contributed by atoms with Crippen LogP contribution in [0, 0.1) is 0 Å². The fraction of sp³-hybridized carbons (Fsp3) is 0.471. The highest BCUT2D eigenvalue weighted by molar-refractivity contribution is 5.94. The first kappa shape index (κ1) is 17.9. The van der Waals surface area contributed by atoms with Crippen molar-refractivity contribution in [2.75, 3.05) is 20.6 Å². The zero-order valence-corrected chi connectivity index (χ0v) is 13.8. The average Bonchev–Trinajstić information content (AvgIpc) is 3.04. The van der Waals surface area contributed by atoms with Crippen molar-refractivity contribution in [2.24, 2.45) is 0 Å². The van der Waals surface area contributed by atoms with Crippen molar-refractivity contribution in [1.82, 2.24) is 10.2 Å². The molecule has 2 amide bonds. The lowest BCUT2D eigenvalue weighted by Gasteiger charge is -2.13. The monoisotopic (exact) mass is 334 g/mol. The Balaban J connectivity index is 1.82. The van der Waals surface area contributed by atoms with Gasteiger partial charge in [0.25, 0.3) is 5.91 Å². The molecule has 0 spiro atoms. The van der Waals surface area contributed by atoms with E-state index < -0.39 is 18.2 Å². The molecule has 1 saturated heterocycles. The summed E-state index contributed by atoms with van der Waals surface area (Å²) in [6.45, 7) is 0.399. The largest absolute Gasteiger partial charge is 0.479 e. The Bertz CT molecular complexity index is 629. The molecule has 2 rings (SSSR count). The van der Waals surface area contributed by atoms with Crippen molar-refractivity contribution >= 4 is 17.8 Å². The zero-order chi connectivity index (χ0) is 17.7. The number of carbonyl (C=O) groups excluding carboxylic acids is 2. The summed E-state index contributed by atoms with van der Waals surface area (Å²) in [6.07, 6.45) is -0.255. The second-order valence-corrected chi connectivity index (χ2v) is 5.97. The van der Waals surface area contributed by atoms with Crippen LogP contribution < -0.4 is 5.32 Å². The number of carbonyl (C=O) groups is 3. The number of carboxylic acid groups (broad SMARTS) is 1. The summed E-state index contributed by atoms with van der Waals surface area (Å²) in [5.74, 6) is -1.40. The molecule has 0 saturated carbocycles. The molecule has 0 aliphatic carbocycles. The van der Waals surface area contributed by atoms with E-state index in [-0.39, 0.29) is 11.8 Å². The predicted octanol–water partition coefficient (Wildman–Crippen LogP) is 0.679. The molecule has 0 aromatic heterocycles. The molecule has 7 heteroatoms. The minimum Gasteiger partial charge on any atom is -0.479 e. The molecule has 0 radical (unpaired) electrons. The normalized spacial score (nSPS) is 19.8. The van der Waals surface area contributed by atoms with Gasteiger partial charge in [-0.3, -0.25) is 9.59 Å². The molecule has 1 heterocycles. The molecule has 1 aromatic rings. The lowest BCUT2D eigenvalue weighted by Crippen LogP contribution is -2.36. The first-order valence-corrected chi connectivity index (χ1v) is 7.85. The van der Waals surface area contributed by atoms with Gasteiger partial charge >= 0.3 is 5.97 Å². The van der Waals surface area contributed by atoms with E-state index in [4.69, 9.17) is 9.84 Å². The van der Waals surface area contributed by atoms with Crippen molar-refractivity contribution in [2.45, 2.75) is 31.5 Å². The van der Waals surface area contributed by atoms with Gasteiger partial charge in [-0.1, -0.05) is 12.1 Å². The Labute approximate surface area is 140 Å². The number of aliphatic carboxylic acids is 1. The van der Waals surface area contributed by atoms with E-state index in [2.05, 4.69) is 5.32 Å². The van der Waals surface area contributed by atoms with E-state index in [1.807, 2.05) is 12.1 Å². The SMILES string of the molecule is CN(C)C(=O)c1cccc(CCNC(=O)[C@@H]2CC[C@H](C(=O)O)O2)c1. The van der Waals surface area contributed by atoms with Gasteiger partial charge in [-0.05, 0) is 37.0 Å². The summed E-state index contributed by atoms with van der Waals surface area (Å²) in [7, 11) is 3.39. The quantitative estimate of drug-likeness (QED) is 0.797. The van der Waals surface area contributed by atoms with Crippen LogP contribution in [0.5, 0.6) is 0 Å². The standard InChI is InChI=1S/C17H22N2O5/c1-19(2)16(21)12-5-3-4-11(10-12)8-9-18-15(20)13-6-7-14(24-13)17(22)23/h3-5,10,13-14H,6-9H2,1-2H3,(H,18,20)(H,22,23)/t13-,14+/m0/s1. The third-order valence-electron chi connectivity index (χ3n) is 3.88. The third-order valence-corrected chi connectivity index (χ3v) is 3.88. The summed E-state index contributed by atoms with van der Waals surface area (Å²) in [5.41, 5.74) is 1.55. The molecule has 2 N–H and O–H groups in total. The molecule has 1 fully saturated rings. The van der Waals surface area contributed by atoms with Gasteiger partial charge in [0.05, 0.1) is 0 Å². The van der Waals surface area contributed by atoms with Crippen LogP contribution in [-0.4, -0.2) is 60.6 Å². The van der Waals surface area contributed by atoms with Crippen molar-refractivity contribution in [3.05, 3.63) is 35.4 Å². The number of ether oxygens (including phenoxy) is 1. The van der Waals surface area contributed by atoms with E-state index in [1.54, 1.807) is 26.2 Å². The van der Waals surface area contributed by atoms with E-state index in [1.165, 1.54) is 4.90 Å². The van der Waals surface area contributed by atoms with Crippen LogP contribution in [0.4, 0.5) is 0 Å². The highest BCUT2D eigenvalue weighted by Crippen LogP contribution is 2.19. The molecule has 0 unspecified atom stereocenters. The maximum atomic E-state index is 12.0. The number of hydrogen-bond acceptors (Lipinski definition) is 4. The fourth-order valence-electron chi connectivity index (χ4n) is 2.57. The molecule has 0 bridgehead atoms. The number of hydrogen-bond donors (Lipinski definition) is 2. The van der Waals surface area contributed by atoms with Gasteiger partial charge in [-0.15, -0.1) is 0 Å². The summed E-state index contributed by atoms with van der Waals surface area (Å²) >= 11 is 0. The lowest BCUT2D eigenvalue weighted by molar-refractivity contribution is -0.151. The minimum absolute atomic E-state index is 0.0695. The van der Waals surface area contributed by atoms with Gasteiger partial charge in [-0.25, -0.2) is 4.79 Å². The van der Waals surface area contributed by atoms with Crippen LogP contribution in [-0.2, 0) is 20.7 Å². The summed E-state index contributed by atoms with van der Waals surface area (Å²) in [6, 6.07) is 7.26. The van der Waals surface area contributed by atoms with E-state index in [0.29, 0.717) is 31.4 Å². The lowest BCUT2D eigenvalue weighted by atomic mass is 10.1. The molecule has 1 aliphatic heterocycles. The van der Waals surface area contributed by atoms with Crippen molar-refractivity contribution < 1.29 is 24.2 Å². The Morgan fingerprint density at radius 3 is 2.58 bits per heavy atom. The maximum Gasteiger partial charge on any atom is 0.332 e. The second kappa shape index (κ2) is 7.92. The molecule has 130 valence electrons. The van der Waals surface area contributed by atoms with Crippen LogP contribution in [0.15, 0.2) is 24.3 Å². The first-order valence-electron chi connectivity index (χ1n) is 7.85. The number of nitrogens with zero attached hydrogens (tertiary/aromatic N) is 1. The number of carboxylic acids is 1. The minimum atomic E-state index is -1.03. The average molecular weight is 334 g/mol. The molecule has 24 heavy (non-hydrogen) atoms. The van der Waals surface area contributed by atoms with Crippen LogP contribution in [0.2, 0.25) is 0 Å². The predicted molar refractivity (Wildman–Crippen MR) is 86.7 cm³/mol. The van der Waals surface area contributed by atoms with Crippen LogP contribution in [0.3, 0.4) is 0 Å². The number of nitrogens with one attached hydrogen (secondary N) is 1. The molecule has 1 aromatic carbocycles. The first-order chi connectivity index (χ1) is 11.4. The molecule has 1 aliphatic rings. The van der Waals surface area contributed by atoms with E-state index in [0.717, 1.165) is 5.56 Å². The van der Waals surface area contributed by atoms with E-state index >= 15 is 0 Å². The molecule has 7 nitrogen and oxygen atoms in total. The Morgan fingerprint density at radius 1 is 1.25 bits per heavy atom. The third kappa shape index (κ3) is 4.55. The topological polar surface area (TPSA) is 95.9 Å². The number of benzene rings is 1. The smallest absolute Gasteiger partial charge is 0.332 e. The van der Waals surface area contributed by atoms with Gasteiger partial charge in [0.2, 0.25) is 5.91 Å². The molecular formula is C17H22N2O5. The second-order valence-electron chi connectivity index (χ2n) is 5.97. The summed E-state index contributed by atoms with van der Waals surface area (Å²) in [5, 5.41) is 11.6. The summed E-state index contributed by atoms with van der Waals surface area (Å²) < 4.78 is 5.20. The zero-order valence-electron chi connectivity index (χ0n) is 13.8. The van der Waals surface area contributed by atoms with Crippen LogP contribution in [0.1, 0.15) is 28.8 Å². The Morgan fingerprint density at radius 2 is 1.96 bits per heavy atom. The van der Waals surface area contributed by atoms with Crippen molar-refractivity contribution in [1.29, 1.82) is 0 Å². The van der Waals surface area contributed by atoms with Crippen LogP contribution in [0.25, 0.3) is 0 Å². The number of amides is 2. The van der Waals surface area contributed by atoms with Crippen molar-refractivity contribution in [3.63, 3.8) is 0 Å².